The van der Waals surface area contributed by atoms with Gasteiger partial charge in [0.15, 0.2) is 0 Å². The highest BCUT2D eigenvalue weighted by atomic mass is 79.9. The molecule has 0 atom stereocenters. The molecule has 0 aliphatic carbocycles. The van der Waals surface area contributed by atoms with Crippen molar-refractivity contribution in [1.82, 2.24) is 0 Å². The van der Waals surface area contributed by atoms with Crippen LogP contribution in [0.2, 0.25) is 0 Å². The Kier molecular flexibility index (Phi) is 7.48. The molecule has 8 heteroatoms. The number of ether oxygens (including phenoxy) is 3. The van der Waals surface area contributed by atoms with E-state index < -0.39 is 5.97 Å². The van der Waals surface area contributed by atoms with Crippen LogP contribution >= 0.6 is 15.9 Å². The van der Waals surface area contributed by atoms with Crippen LogP contribution in [0.4, 0.5) is 11.4 Å². The summed E-state index contributed by atoms with van der Waals surface area (Å²) in [6, 6.07) is 10.7. The average molecular weight is 475 g/mol. The van der Waals surface area contributed by atoms with Crippen LogP contribution in [-0.4, -0.2) is 52.4 Å². The van der Waals surface area contributed by atoms with Gasteiger partial charge in [0.2, 0.25) is 5.91 Å². The monoisotopic (exact) mass is 474 g/mol. The van der Waals surface area contributed by atoms with Crippen molar-refractivity contribution in [1.29, 1.82) is 0 Å². The fourth-order valence-corrected chi connectivity index (χ4v) is 3.52. The van der Waals surface area contributed by atoms with Gasteiger partial charge >= 0.3 is 5.97 Å². The summed E-state index contributed by atoms with van der Waals surface area (Å²) in [7, 11) is 2.90. The standard InChI is InChI=1S/C22H23BrN2O5/c1-28-20-7-5-17(23)13-15(20)4-8-21(26)24-18-14-16(22(27)29-2)3-6-19(18)25-9-11-30-12-10-25/h3-8,13-14H,9-12H2,1-2H3,(H,24,26)/b8-4+. The Balaban J connectivity index is 1.85. The molecule has 1 N–H and O–H groups in total. The van der Waals surface area contributed by atoms with Crippen LogP contribution in [0.15, 0.2) is 46.9 Å². The molecule has 1 fully saturated rings. The van der Waals surface area contributed by atoms with E-state index in [1.807, 2.05) is 24.3 Å². The molecular formula is C22H23BrN2O5. The Morgan fingerprint density at radius 3 is 2.60 bits per heavy atom. The second-order valence-corrected chi connectivity index (χ2v) is 7.45. The van der Waals surface area contributed by atoms with Gasteiger partial charge in [0.05, 0.1) is 44.4 Å². The number of esters is 1. The van der Waals surface area contributed by atoms with E-state index >= 15 is 0 Å². The fraction of sp³-hybridized carbons (Fsp3) is 0.273. The number of morpholine rings is 1. The third-order valence-electron chi connectivity index (χ3n) is 4.63. The molecule has 0 radical (unpaired) electrons. The van der Waals surface area contributed by atoms with E-state index in [4.69, 9.17) is 14.2 Å². The molecule has 0 spiro atoms. The number of rotatable bonds is 6. The van der Waals surface area contributed by atoms with Crippen molar-refractivity contribution in [3.63, 3.8) is 0 Å². The van der Waals surface area contributed by atoms with E-state index in [2.05, 4.69) is 26.1 Å². The van der Waals surface area contributed by atoms with Crippen molar-refractivity contribution in [2.75, 3.05) is 50.7 Å². The van der Waals surface area contributed by atoms with Crippen molar-refractivity contribution < 1.29 is 23.8 Å². The SMILES string of the molecule is COC(=O)c1ccc(N2CCOCC2)c(NC(=O)/C=C/c2cc(Br)ccc2OC)c1. The number of nitrogens with one attached hydrogen (secondary N) is 1. The lowest BCUT2D eigenvalue weighted by Gasteiger charge is -2.30. The van der Waals surface area contributed by atoms with Gasteiger partial charge in [0.25, 0.3) is 0 Å². The van der Waals surface area contributed by atoms with Crippen LogP contribution in [-0.2, 0) is 14.3 Å². The van der Waals surface area contributed by atoms with E-state index in [0.717, 1.165) is 15.7 Å². The number of nitrogens with zero attached hydrogens (tertiary/aromatic N) is 1. The van der Waals surface area contributed by atoms with Gasteiger partial charge in [-0.25, -0.2) is 4.79 Å². The summed E-state index contributed by atoms with van der Waals surface area (Å²) in [5.41, 5.74) is 2.49. The number of hydrogen-bond acceptors (Lipinski definition) is 6. The summed E-state index contributed by atoms with van der Waals surface area (Å²) in [4.78, 5) is 26.7. The molecular weight excluding hydrogens is 452 g/mol. The zero-order chi connectivity index (χ0) is 21.5. The minimum atomic E-state index is -0.464. The van der Waals surface area contributed by atoms with Crippen LogP contribution in [0, 0.1) is 0 Å². The lowest BCUT2D eigenvalue weighted by atomic mass is 10.1. The first-order valence-corrected chi connectivity index (χ1v) is 10.2. The number of methoxy groups -OCH3 is 2. The maximum absolute atomic E-state index is 12.6. The number of halogens is 1. The van der Waals surface area contributed by atoms with E-state index in [0.29, 0.717) is 43.3 Å². The molecule has 2 aromatic carbocycles. The summed E-state index contributed by atoms with van der Waals surface area (Å²) >= 11 is 3.42. The maximum atomic E-state index is 12.6. The third-order valence-corrected chi connectivity index (χ3v) is 5.13. The molecule has 158 valence electrons. The third kappa shape index (κ3) is 5.40. The van der Waals surface area contributed by atoms with Crippen LogP contribution in [0.25, 0.3) is 6.08 Å². The zero-order valence-corrected chi connectivity index (χ0v) is 18.4. The van der Waals surface area contributed by atoms with E-state index in [1.54, 1.807) is 25.3 Å². The Labute approximate surface area is 183 Å². The van der Waals surface area contributed by atoms with Gasteiger partial charge in [-0.15, -0.1) is 0 Å². The Morgan fingerprint density at radius 2 is 1.90 bits per heavy atom. The van der Waals surface area contributed by atoms with Crippen LogP contribution < -0.4 is 15.0 Å². The summed E-state index contributed by atoms with van der Waals surface area (Å²) in [5, 5.41) is 2.88. The molecule has 0 aromatic heterocycles. The highest BCUT2D eigenvalue weighted by molar-refractivity contribution is 9.10. The number of carbonyl (C=O) groups excluding carboxylic acids is 2. The second kappa shape index (κ2) is 10.3. The summed E-state index contributed by atoms with van der Waals surface area (Å²) in [6.07, 6.45) is 3.11. The maximum Gasteiger partial charge on any atom is 0.337 e. The summed E-state index contributed by atoms with van der Waals surface area (Å²) in [6.45, 7) is 2.61. The number of carbonyl (C=O) groups is 2. The van der Waals surface area contributed by atoms with Crippen molar-refractivity contribution in [3.05, 3.63) is 58.1 Å². The first-order chi connectivity index (χ1) is 14.5. The minimum absolute atomic E-state index is 0.325. The van der Waals surface area contributed by atoms with Gasteiger partial charge in [-0.1, -0.05) is 15.9 Å². The minimum Gasteiger partial charge on any atom is -0.496 e. The van der Waals surface area contributed by atoms with Crippen LogP contribution in [0.1, 0.15) is 15.9 Å². The van der Waals surface area contributed by atoms with Crippen LogP contribution in [0.3, 0.4) is 0 Å². The molecule has 0 saturated carbocycles. The predicted molar refractivity (Wildman–Crippen MR) is 119 cm³/mol. The van der Waals surface area contributed by atoms with Crippen LogP contribution in [0.5, 0.6) is 5.75 Å². The van der Waals surface area contributed by atoms with Gasteiger partial charge in [-0.2, -0.15) is 0 Å². The van der Waals surface area contributed by atoms with E-state index in [9.17, 15) is 9.59 Å². The van der Waals surface area contributed by atoms with Crippen molar-refractivity contribution >= 4 is 45.3 Å². The van der Waals surface area contributed by atoms with E-state index in [-0.39, 0.29) is 5.91 Å². The predicted octanol–water partition coefficient (Wildman–Crippen LogP) is 3.73. The molecule has 1 saturated heterocycles. The topological polar surface area (TPSA) is 77.1 Å². The quantitative estimate of drug-likeness (QED) is 0.507. The normalized spacial score (nSPS) is 13.9. The smallest absolute Gasteiger partial charge is 0.337 e. The average Bonchev–Trinajstić information content (AvgIpc) is 2.77. The molecule has 0 unspecified atom stereocenters. The lowest BCUT2D eigenvalue weighted by Crippen LogP contribution is -2.36. The van der Waals surface area contributed by atoms with Gasteiger partial charge in [0, 0.05) is 29.2 Å². The summed E-state index contributed by atoms with van der Waals surface area (Å²) < 4.78 is 16.4. The highest BCUT2D eigenvalue weighted by Gasteiger charge is 2.18. The molecule has 2 aromatic rings. The molecule has 7 nitrogen and oxygen atoms in total. The molecule has 1 amide bonds. The Hall–Kier alpha value is -2.84. The van der Waals surface area contributed by atoms with Crippen molar-refractivity contribution in [3.8, 4) is 5.75 Å². The number of anilines is 2. The molecule has 1 aliphatic rings. The van der Waals surface area contributed by atoms with Gasteiger partial charge in [-0.05, 0) is 42.5 Å². The van der Waals surface area contributed by atoms with Gasteiger partial charge in [-0.3, -0.25) is 4.79 Å². The molecule has 1 aliphatic heterocycles. The van der Waals surface area contributed by atoms with Crippen molar-refractivity contribution in [2.24, 2.45) is 0 Å². The van der Waals surface area contributed by atoms with Gasteiger partial charge in [0.1, 0.15) is 5.75 Å². The number of amides is 1. The van der Waals surface area contributed by atoms with Gasteiger partial charge < -0.3 is 24.4 Å². The van der Waals surface area contributed by atoms with Crippen molar-refractivity contribution in [2.45, 2.75) is 0 Å². The highest BCUT2D eigenvalue weighted by Crippen LogP contribution is 2.29. The Morgan fingerprint density at radius 1 is 1.13 bits per heavy atom. The molecule has 3 rings (SSSR count). The second-order valence-electron chi connectivity index (χ2n) is 6.53. The number of benzene rings is 2. The largest absolute Gasteiger partial charge is 0.496 e. The lowest BCUT2D eigenvalue weighted by molar-refractivity contribution is -0.111. The first kappa shape index (κ1) is 21.9. The summed E-state index contributed by atoms with van der Waals surface area (Å²) in [5.74, 6) is -0.133. The molecule has 30 heavy (non-hydrogen) atoms. The fourth-order valence-electron chi connectivity index (χ4n) is 3.14. The van der Waals surface area contributed by atoms with E-state index in [1.165, 1.54) is 13.2 Å². The molecule has 1 heterocycles. The first-order valence-electron chi connectivity index (χ1n) is 9.39. The zero-order valence-electron chi connectivity index (χ0n) is 16.8. The molecule has 0 bridgehead atoms. The number of hydrogen-bond donors (Lipinski definition) is 1. The Bertz CT molecular complexity index is 955.